The summed E-state index contributed by atoms with van der Waals surface area (Å²) in [4.78, 5) is 12.2. The molecule has 7 nitrogen and oxygen atoms in total. The molecule has 2 aromatic rings. The number of anilines is 2. The van der Waals surface area contributed by atoms with Gasteiger partial charge in [0, 0.05) is 18.8 Å². The molecular weight excluding hydrogens is 392 g/mol. The van der Waals surface area contributed by atoms with Crippen molar-refractivity contribution in [2.45, 2.75) is 44.7 Å². The van der Waals surface area contributed by atoms with E-state index in [4.69, 9.17) is 9.47 Å². The van der Waals surface area contributed by atoms with Crippen LogP contribution in [0.5, 0.6) is 0 Å². The molecule has 0 aromatic heterocycles. The number of carbonyl (C=O) groups is 1. The van der Waals surface area contributed by atoms with Crippen molar-refractivity contribution < 1.29 is 22.7 Å². The monoisotopic (exact) mass is 420 g/mol. The summed E-state index contributed by atoms with van der Waals surface area (Å²) in [5.74, 6) is -0.580. The van der Waals surface area contributed by atoms with Crippen molar-refractivity contribution in [2.75, 3.05) is 23.8 Å². The van der Waals surface area contributed by atoms with Crippen molar-refractivity contribution in [1.82, 2.24) is 0 Å². The first kappa shape index (κ1) is 22.7. The third kappa shape index (κ3) is 6.47. The molecule has 0 radical (unpaired) electrons. The van der Waals surface area contributed by atoms with Crippen LogP contribution < -0.4 is 10.0 Å². The topological polar surface area (TPSA) is 93.7 Å². The highest BCUT2D eigenvalue weighted by Crippen LogP contribution is 2.27. The molecule has 0 heterocycles. The molecule has 8 heteroatoms. The Balaban J connectivity index is 2.44. The smallest absolute Gasteiger partial charge is 0.338 e. The Morgan fingerprint density at radius 1 is 1.07 bits per heavy atom. The highest BCUT2D eigenvalue weighted by atomic mass is 32.2. The van der Waals surface area contributed by atoms with E-state index in [1.54, 1.807) is 39.2 Å². The van der Waals surface area contributed by atoms with Gasteiger partial charge in [0.25, 0.3) is 10.0 Å². The Hall–Kier alpha value is -2.58. The number of nitrogens with one attached hydrogen (secondary N) is 2. The van der Waals surface area contributed by atoms with E-state index in [1.807, 2.05) is 26.0 Å². The van der Waals surface area contributed by atoms with Crippen LogP contribution in [0, 0.1) is 6.92 Å². The van der Waals surface area contributed by atoms with Gasteiger partial charge < -0.3 is 14.8 Å². The van der Waals surface area contributed by atoms with Crippen LogP contribution >= 0.6 is 0 Å². The molecule has 0 aliphatic heterocycles. The van der Waals surface area contributed by atoms with Gasteiger partial charge >= 0.3 is 5.97 Å². The first-order valence-corrected chi connectivity index (χ1v) is 10.8. The van der Waals surface area contributed by atoms with E-state index in [9.17, 15) is 13.2 Å². The van der Waals surface area contributed by atoms with Crippen molar-refractivity contribution in [3.8, 4) is 0 Å². The van der Waals surface area contributed by atoms with Gasteiger partial charge in [0.2, 0.25) is 0 Å². The third-order valence-corrected chi connectivity index (χ3v) is 5.39. The summed E-state index contributed by atoms with van der Waals surface area (Å²) < 4.78 is 39.1. The van der Waals surface area contributed by atoms with Crippen LogP contribution in [-0.2, 0) is 19.5 Å². The number of carbonyl (C=O) groups excluding carboxylic acids is 1. The van der Waals surface area contributed by atoms with Crippen LogP contribution in [0.3, 0.4) is 0 Å². The lowest BCUT2D eigenvalue weighted by atomic mass is 10.2. The molecule has 1 unspecified atom stereocenters. The van der Waals surface area contributed by atoms with Gasteiger partial charge in [-0.25, -0.2) is 13.2 Å². The number of rotatable bonds is 9. The number of hydrogen-bond acceptors (Lipinski definition) is 6. The average molecular weight is 421 g/mol. The standard InChI is InChI=1S/C21H28N2O5S/c1-14(2)28-21(24)17-8-11-19(22-16(4)13-27-5)20(12-17)29(25,26)23-18-9-6-15(3)7-10-18/h6-12,14,16,22-23H,13H2,1-5H3. The zero-order chi connectivity index (χ0) is 21.6. The summed E-state index contributed by atoms with van der Waals surface area (Å²) in [6.45, 7) is 7.64. The van der Waals surface area contributed by atoms with Crippen molar-refractivity contribution in [3.05, 3.63) is 53.6 Å². The van der Waals surface area contributed by atoms with Crippen molar-refractivity contribution >= 4 is 27.4 Å². The van der Waals surface area contributed by atoms with E-state index in [1.165, 1.54) is 12.1 Å². The number of aryl methyl sites for hydroxylation is 1. The van der Waals surface area contributed by atoms with E-state index in [0.29, 0.717) is 18.0 Å². The molecule has 29 heavy (non-hydrogen) atoms. The number of esters is 1. The van der Waals surface area contributed by atoms with Crippen LogP contribution in [-0.4, -0.2) is 40.2 Å². The molecule has 1 atom stereocenters. The van der Waals surface area contributed by atoms with Crippen LogP contribution in [0.4, 0.5) is 11.4 Å². The first-order chi connectivity index (χ1) is 13.6. The molecule has 0 amide bonds. The fraction of sp³-hybridized carbons (Fsp3) is 0.381. The molecule has 158 valence electrons. The lowest BCUT2D eigenvalue weighted by molar-refractivity contribution is 0.0377. The highest BCUT2D eigenvalue weighted by Gasteiger charge is 2.23. The van der Waals surface area contributed by atoms with E-state index in [0.717, 1.165) is 5.56 Å². The lowest BCUT2D eigenvalue weighted by Crippen LogP contribution is -2.24. The molecule has 0 bridgehead atoms. The summed E-state index contributed by atoms with van der Waals surface area (Å²) in [5.41, 5.74) is 1.98. The Kier molecular flexibility index (Phi) is 7.64. The van der Waals surface area contributed by atoms with E-state index < -0.39 is 16.0 Å². The molecular formula is C21H28N2O5S. The normalized spacial score (nSPS) is 12.5. The van der Waals surface area contributed by atoms with Crippen molar-refractivity contribution in [2.24, 2.45) is 0 Å². The van der Waals surface area contributed by atoms with Gasteiger partial charge in [-0.1, -0.05) is 17.7 Å². The van der Waals surface area contributed by atoms with Crippen LogP contribution in [0.2, 0.25) is 0 Å². The molecule has 0 spiro atoms. The Morgan fingerprint density at radius 2 is 1.72 bits per heavy atom. The SMILES string of the molecule is COCC(C)Nc1ccc(C(=O)OC(C)C)cc1S(=O)(=O)Nc1ccc(C)cc1. The summed E-state index contributed by atoms with van der Waals surface area (Å²) >= 11 is 0. The molecule has 0 aliphatic rings. The minimum absolute atomic E-state index is 0.0424. The number of benzene rings is 2. The fourth-order valence-electron chi connectivity index (χ4n) is 2.66. The zero-order valence-electron chi connectivity index (χ0n) is 17.4. The van der Waals surface area contributed by atoms with Gasteiger partial charge in [-0.3, -0.25) is 4.72 Å². The van der Waals surface area contributed by atoms with E-state index in [2.05, 4.69) is 10.0 Å². The largest absolute Gasteiger partial charge is 0.459 e. The molecule has 2 N–H and O–H groups in total. The van der Waals surface area contributed by atoms with E-state index >= 15 is 0 Å². The fourth-order valence-corrected chi connectivity index (χ4v) is 3.92. The van der Waals surface area contributed by atoms with Gasteiger partial charge in [0.05, 0.1) is 24.0 Å². The van der Waals surface area contributed by atoms with Crippen LogP contribution in [0.15, 0.2) is 47.4 Å². The lowest BCUT2D eigenvalue weighted by Gasteiger charge is -2.19. The van der Waals surface area contributed by atoms with Gasteiger partial charge in [0.15, 0.2) is 0 Å². The van der Waals surface area contributed by atoms with Crippen LogP contribution in [0.25, 0.3) is 0 Å². The number of hydrogen-bond donors (Lipinski definition) is 2. The van der Waals surface area contributed by atoms with Gasteiger partial charge in [-0.05, 0) is 58.0 Å². The molecule has 0 saturated carbocycles. The maximum Gasteiger partial charge on any atom is 0.338 e. The average Bonchev–Trinajstić information content (AvgIpc) is 2.63. The van der Waals surface area contributed by atoms with E-state index in [-0.39, 0.29) is 22.6 Å². The Morgan fingerprint density at radius 3 is 2.31 bits per heavy atom. The number of ether oxygens (including phenoxy) is 2. The molecule has 0 saturated heterocycles. The summed E-state index contributed by atoms with van der Waals surface area (Å²) in [5, 5.41) is 3.12. The number of methoxy groups -OCH3 is 1. The maximum atomic E-state index is 13.1. The van der Waals surface area contributed by atoms with Gasteiger partial charge in [-0.2, -0.15) is 0 Å². The third-order valence-electron chi connectivity index (χ3n) is 3.97. The minimum Gasteiger partial charge on any atom is -0.459 e. The molecule has 2 aromatic carbocycles. The summed E-state index contributed by atoms with van der Waals surface area (Å²) in [7, 11) is -2.39. The first-order valence-electron chi connectivity index (χ1n) is 9.32. The molecule has 0 fully saturated rings. The zero-order valence-corrected chi connectivity index (χ0v) is 18.2. The number of sulfonamides is 1. The molecule has 2 rings (SSSR count). The second-order valence-corrected chi connectivity index (χ2v) is 8.79. The predicted octanol–water partition coefficient (Wildman–Crippen LogP) is 3.81. The quantitative estimate of drug-likeness (QED) is 0.599. The van der Waals surface area contributed by atoms with Crippen molar-refractivity contribution in [1.29, 1.82) is 0 Å². The van der Waals surface area contributed by atoms with Crippen molar-refractivity contribution in [3.63, 3.8) is 0 Å². The second-order valence-electron chi connectivity index (χ2n) is 7.14. The predicted molar refractivity (Wildman–Crippen MR) is 114 cm³/mol. The summed E-state index contributed by atoms with van der Waals surface area (Å²) in [6.07, 6.45) is -0.312. The Labute approximate surface area is 172 Å². The highest BCUT2D eigenvalue weighted by molar-refractivity contribution is 7.92. The van der Waals surface area contributed by atoms with Crippen LogP contribution in [0.1, 0.15) is 36.7 Å². The van der Waals surface area contributed by atoms with Gasteiger partial charge in [-0.15, -0.1) is 0 Å². The minimum atomic E-state index is -3.96. The maximum absolute atomic E-state index is 13.1. The molecule has 0 aliphatic carbocycles. The summed E-state index contributed by atoms with van der Waals surface area (Å²) in [6, 6.07) is 11.3. The van der Waals surface area contributed by atoms with Gasteiger partial charge in [0.1, 0.15) is 4.90 Å². The Bertz CT molecular complexity index is 940. The second kappa shape index (κ2) is 9.76.